The fourth-order valence-corrected chi connectivity index (χ4v) is 6.81. The summed E-state index contributed by atoms with van der Waals surface area (Å²) in [6.45, 7) is 38.8. The molecule has 3 rings (SSSR count). The van der Waals surface area contributed by atoms with Crippen LogP contribution in [0.25, 0.3) is 11.1 Å². The van der Waals surface area contributed by atoms with Crippen molar-refractivity contribution in [1.29, 1.82) is 0 Å². The maximum atomic E-state index is 2.55. The Hall–Kier alpha value is -2.74. The van der Waals surface area contributed by atoms with Crippen molar-refractivity contribution in [2.45, 2.75) is 145 Å². The van der Waals surface area contributed by atoms with Gasteiger partial charge in [-0.3, -0.25) is 0 Å². The van der Waals surface area contributed by atoms with E-state index in [0.29, 0.717) is 0 Å². The molecule has 0 radical (unpaired) electrons. The Labute approximate surface area is 260 Å². The molecule has 42 heavy (non-hydrogen) atoms. The molecule has 0 spiro atoms. The first-order valence-corrected chi connectivity index (χ1v) is 15.7. The van der Waals surface area contributed by atoms with E-state index in [1.54, 1.807) is 0 Å². The molecule has 0 amide bonds. The van der Waals surface area contributed by atoms with Gasteiger partial charge in [0.2, 0.25) is 0 Å². The van der Waals surface area contributed by atoms with Crippen LogP contribution in [-0.2, 0) is 5.41 Å². The zero-order valence-corrected chi connectivity index (χ0v) is 30.2. The van der Waals surface area contributed by atoms with Crippen LogP contribution in [0.3, 0.4) is 0 Å². The molecule has 2 nitrogen and oxygen atoms in total. The highest BCUT2D eigenvalue weighted by Gasteiger charge is 2.35. The summed E-state index contributed by atoms with van der Waals surface area (Å²) in [7, 11) is 0. The van der Waals surface area contributed by atoms with Crippen LogP contribution in [0, 0.1) is 13.8 Å². The average Bonchev–Trinajstić information content (AvgIpc) is 2.78. The lowest BCUT2D eigenvalue weighted by atomic mass is 9.83. The zero-order valence-electron chi connectivity index (χ0n) is 30.2. The highest BCUT2D eigenvalue weighted by molar-refractivity contribution is 5.73. The molecule has 0 fully saturated rings. The van der Waals surface area contributed by atoms with Crippen molar-refractivity contribution >= 4 is 11.4 Å². The zero-order chi connectivity index (χ0) is 32.5. The number of para-hydroxylation sites is 1. The average molecular weight is 571 g/mol. The minimum atomic E-state index is 0.0715. The lowest BCUT2D eigenvalue weighted by Crippen LogP contribution is -2.53. The molecule has 0 heterocycles. The molecule has 0 aliphatic heterocycles. The maximum Gasteiger partial charge on any atom is 0.0434 e. The van der Waals surface area contributed by atoms with E-state index in [0.717, 1.165) is 0 Å². The molecule has 0 N–H and O–H groups in total. The van der Waals surface area contributed by atoms with E-state index in [1.165, 1.54) is 39.2 Å². The summed E-state index contributed by atoms with van der Waals surface area (Å²) < 4.78 is 0. The Bertz CT molecular complexity index is 1250. The second-order valence-electron chi connectivity index (χ2n) is 16.9. The van der Waals surface area contributed by atoms with Crippen molar-refractivity contribution in [3.63, 3.8) is 0 Å². The maximum absolute atomic E-state index is 2.55. The molecule has 3 aromatic carbocycles. The van der Waals surface area contributed by atoms with Gasteiger partial charge in [-0.1, -0.05) is 69.3 Å². The van der Waals surface area contributed by atoms with E-state index in [2.05, 4.69) is 194 Å². The van der Waals surface area contributed by atoms with Crippen molar-refractivity contribution in [2.75, 3.05) is 9.80 Å². The van der Waals surface area contributed by atoms with E-state index in [-0.39, 0.29) is 27.6 Å². The van der Waals surface area contributed by atoms with Crippen molar-refractivity contribution in [3.8, 4) is 11.1 Å². The molecule has 0 aliphatic carbocycles. The summed E-state index contributed by atoms with van der Waals surface area (Å²) in [5.41, 5.74) is 9.90. The van der Waals surface area contributed by atoms with Gasteiger partial charge in [0.1, 0.15) is 0 Å². The van der Waals surface area contributed by atoms with Crippen LogP contribution in [0.5, 0.6) is 0 Å². The Kier molecular flexibility index (Phi) is 10.5. The molecule has 0 saturated carbocycles. The van der Waals surface area contributed by atoms with E-state index in [9.17, 15) is 0 Å². The second-order valence-corrected chi connectivity index (χ2v) is 16.9. The Morgan fingerprint density at radius 2 is 0.810 bits per heavy atom. The minimum Gasteiger partial charge on any atom is -0.362 e. The van der Waals surface area contributed by atoms with E-state index in [4.69, 9.17) is 0 Å². The molecule has 0 aliphatic rings. The molecule has 2 heteroatoms. The van der Waals surface area contributed by atoms with Crippen molar-refractivity contribution in [1.82, 2.24) is 0 Å². The summed E-state index contributed by atoms with van der Waals surface area (Å²) in [5.74, 6) is 0. The molecule has 232 valence electrons. The monoisotopic (exact) mass is 570 g/mol. The van der Waals surface area contributed by atoms with Gasteiger partial charge >= 0.3 is 0 Å². The first-order chi connectivity index (χ1) is 18.9. The predicted molar refractivity (Wildman–Crippen MR) is 190 cm³/mol. The Balaban J connectivity index is 0.000000299. The van der Waals surface area contributed by atoms with Crippen LogP contribution in [0.2, 0.25) is 0 Å². The van der Waals surface area contributed by atoms with E-state index < -0.39 is 0 Å². The lowest BCUT2D eigenvalue weighted by Gasteiger charge is -2.49. The predicted octanol–water partition coefficient (Wildman–Crippen LogP) is 11.8. The van der Waals surface area contributed by atoms with Crippen LogP contribution in [0.4, 0.5) is 11.4 Å². The van der Waals surface area contributed by atoms with Crippen LogP contribution in [-0.4, -0.2) is 22.2 Å². The smallest absolute Gasteiger partial charge is 0.0434 e. The topological polar surface area (TPSA) is 6.48 Å². The summed E-state index contributed by atoms with van der Waals surface area (Å²) in [6.07, 6.45) is 0. The number of benzene rings is 3. The van der Waals surface area contributed by atoms with Gasteiger partial charge in [0.25, 0.3) is 0 Å². The highest BCUT2D eigenvalue weighted by atomic mass is 15.3. The number of hydrogen-bond donors (Lipinski definition) is 0. The quantitative estimate of drug-likeness (QED) is 0.309. The summed E-state index contributed by atoms with van der Waals surface area (Å²) in [5, 5.41) is 0. The van der Waals surface area contributed by atoms with Gasteiger partial charge in [0, 0.05) is 33.5 Å². The largest absolute Gasteiger partial charge is 0.362 e. The van der Waals surface area contributed by atoms with Gasteiger partial charge in [-0.25, -0.2) is 0 Å². The third-order valence-electron chi connectivity index (χ3n) is 7.46. The summed E-state index contributed by atoms with van der Waals surface area (Å²) in [6, 6.07) is 24.1. The fraction of sp³-hybridized carbons (Fsp3) is 0.550. The molecule has 0 bridgehead atoms. The number of anilines is 2. The first-order valence-electron chi connectivity index (χ1n) is 15.7. The summed E-state index contributed by atoms with van der Waals surface area (Å²) >= 11 is 0. The second kappa shape index (κ2) is 12.5. The number of hydrogen-bond acceptors (Lipinski definition) is 2. The Morgan fingerprint density at radius 1 is 0.429 bits per heavy atom. The van der Waals surface area contributed by atoms with E-state index >= 15 is 0 Å². The standard InChI is InChI=1S/C22H31N.C18H31N/c1-16-14-19(18-12-10-9-11-13-18)15-17(2)20(16)23(21(3,4)5)22(6,7)8;1-16(2,3)14-12-10-11-13-15(14)19(17(4,5)6)18(7,8)9/h9-15H,1-8H3;10-13H,1-9H3. The SMILES string of the molecule is CC(C)(C)c1ccccc1N(C(C)(C)C)C(C)(C)C.Cc1cc(-c2ccccc2)cc(C)c1N(C(C)(C)C)C(C)(C)C. The molecule has 0 atom stereocenters. The van der Waals surface area contributed by atoms with E-state index in [1.807, 2.05) is 0 Å². The van der Waals surface area contributed by atoms with Gasteiger partial charge < -0.3 is 9.80 Å². The first kappa shape index (κ1) is 35.5. The lowest BCUT2D eigenvalue weighted by molar-refractivity contribution is 0.377. The van der Waals surface area contributed by atoms with Crippen LogP contribution in [0.1, 0.15) is 121 Å². The van der Waals surface area contributed by atoms with Gasteiger partial charge in [-0.05, 0) is 148 Å². The molecule has 0 unspecified atom stereocenters. The van der Waals surface area contributed by atoms with Crippen molar-refractivity contribution < 1.29 is 0 Å². The van der Waals surface area contributed by atoms with Crippen LogP contribution < -0.4 is 9.80 Å². The van der Waals surface area contributed by atoms with Crippen LogP contribution in [0.15, 0.2) is 66.7 Å². The van der Waals surface area contributed by atoms with Gasteiger partial charge in [-0.15, -0.1) is 0 Å². The normalized spacial score (nSPS) is 12.9. The van der Waals surface area contributed by atoms with Crippen molar-refractivity contribution in [2.24, 2.45) is 0 Å². The summed E-state index contributed by atoms with van der Waals surface area (Å²) in [4.78, 5) is 5.10. The molecule has 3 aromatic rings. The van der Waals surface area contributed by atoms with Gasteiger partial charge in [-0.2, -0.15) is 0 Å². The molecule has 0 aromatic heterocycles. The minimum absolute atomic E-state index is 0.0715. The van der Waals surface area contributed by atoms with Gasteiger partial charge in [0.05, 0.1) is 0 Å². The number of aryl methyl sites for hydroxylation is 2. The third-order valence-corrected chi connectivity index (χ3v) is 7.46. The number of rotatable bonds is 3. The number of nitrogens with zero attached hydrogens (tertiary/aromatic N) is 2. The van der Waals surface area contributed by atoms with Crippen molar-refractivity contribution in [3.05, 3.63) is 83.4 Å². The molecular weight excluding hydrogens is 508 g/mol. The molecular formula is C40H62N2. The Morgan fingerprint density at radius 3 is 1.19 bits per heavy atom. The fourth-order valence-electron chi connectivity index (χ4n) is 6.81. The van der Waals surface area contributed by atoms with Crippen LogP contribution >= 0.6 is 0 Å². The van der Waals surface area contributed by atoms with Gasteiger partial charge in [0.15, 0.2) is 0 Å². The third kappa shape index (κ3) is 8.88. The highest BCUT2D eigenvalue weighted by Crippen LogP contribution is 2.40. The molecule has 0 saturated heterocycles.